The van der Waals surface area contributed by atoms with Crippen LogP contribution in [-0.2, 0) is 0 Å². The van der Waals surface area contributed by atoms with Crippen LogP contribution in [0.1, 0.15) is 10.4 Å². The molecular formula is C30H19ClF2N6O2. The Balaban J connectivity index is 1.47. The molecule has 0 saturated carbocycles. The van der Waals surface area contributed by atoms with E-state index in [1.807, 2.05) is 24.3 Å². The lowest BCUT2D eigenvalue weighted by Crippen LogP contribution is -2.16. The van der Waals surface area contributed by atoms with Gasteiger partial charge in [0.2, 0.25) is 5.95 Å². The Kier molecular flexibility index (Phi) is 6.52. The lowest BCUT2D eigenvalue weighted by molar-refractivity contribution is 0.0992. The zero-order valence-corrected chi connectivity index (χ0v) is 21.8. The fraction of sp³-hybridized carbons (Fsp3) is 0. The number of aromatic nitrogens is 4. The first-order valence-corrected chi connectivity index (χ1v) is 12.6. The van der Waals surface area contributed by atoms with Gasteiger partial charge in [-0.3, -0.25) is 4.79 Å². The molecule has 11 heteroatoms. The Morgan fingerprint density at radius 2 is 1.80 bits per heavy atom. The van der Waals surface area contributed by atoms with Gasteiger partial charge >= 0.3 is 0 Å². The molecule has 6 aromatic rings. The molecule has 0 saturated heterocycles. The van der Waals surface area contributed by atoms with Crippen molar-refractivity contribution in [3.63, 3.8) is 0 Å². The van der Waals surface area contributed by atoms with Gasteiger partial charge in [0, 0.05) is 29.2 Å². The molecule has 3 heterocycles. The van der Waals surface area contributed by atoms with Crippen LogP contribution in [0, 0.1) is 11.6 Å². The summed E-state index contributed by atoms with van der Waals surface area (Å²) in [5, 5.41) is 17.8. The molecule has 0 atom stereocenters. The number of primary amides is 1. The highest BCUT2D eigenvalue weighted by atomic mass is 35.5. The van der Waals surface area contributed by atoms with Crippen LogP contribution < -0.4 is 11.1 Å². The molecule has 4 N–H and O–H groups in total. The van der Waals surface area contributed by atoms with Gasteiger partial charge in [-0.2, -0.15) is 5.10 Å². The number of halogens is 3. The number of nitrogens with zero attached hydrogens (tertiary/aromatic N) is 4. The van der Waals surface area contributed by atoms with Crippen molar-refractivity contribution in [2.45, 2.75) is 0 Å². The van der Waals surface area contributed by atoms with Gasteiger partial charge in [-0.25, -0.2) is 23.3 Å². The summed E-state index contributed by atoms with van der Waals surface area (Å²) < 4.78 is 31.0. The number of fused-ring (bicyclic) bond motifs is 1. The number of pyridine rings is 1. The number of carbonyl (C=O) groups is 1. The number of nitrogens with one attached hydrogen (secondary N) is 1. The largest absolute Gasteiger partial charge is 0.506 e. The van der Waals surface area contributed by atoms with Crippen LogP contribution in [0.4, 0.5) is 20.4 Å². The van der Waals surface area contributed by atoms with Gasteiger partial charge in [-0.15, -0.1) is 0 Å². The molecule has 1 amide bonds. The van der Waals surface area contributed by atoms with Crippen molar-refractivity contribution in [2.24, 2.45) is 5.73 Å². The van der Waals surface area contributed by atoms with E-state index in [1.165, 1.54) is 12.1 Å². The van der Waals surface area contributed by atoms with E-state index >= 15 is 4.39 Å². The Bertz CT molecular complexity index is 1980. The molecule has 0 aliphatic carbocycles. The number of hydrogen-bond acceptors (Lipinski definition) is 6. The van der Waals surface area contributed by atoms with E-state index in [2.05, 4.69) is 10.3 Å². The first kappa shape index (κ1) is 25.9. The number of rotatable bonds is 6. The minimum Gasteiger partial charge on any atom is -0.506 e. The molecule has 6 rings (SSSR count). The maximum absolute atomic E-state index is 15.2. The second-order valence-corrected chi connectivity index (χ2v) is 9.45. The monoisotopic (exact) mass is 568 g/mol. The molecule has 0 radical (unpaired) electrons. The number of benzene rings is 3. The Morgan fingerprint density at radius 3 is 2.61 bits per heavy atom. The molecule has 0 aliphatic heterocycles. The first-order chi connectivity index (χ1) is 19.8. The molecule has 3 aromatic carbocycles. The van der Waals surface area contributed by atoms with Gasteiger partial charge in [0.05, 0.1) is 21.8 Å². The zero-order chi connectivity index (χ0) is 28.7. The van der Waals surface area contributed by atoms with E-state index < -0.39 is 23.1 Å². The molecule has 0 spiro atoms. The van der Waals surface area contributed by atoms with E-state index in [4.69, 9.17) is 27.4 Å². The average molecular weight is 569 g/mol. The lowest BCUT2D eigenvalue weighted by atomic mass is 9.97. The molecule has 0 unspecified atom stereocenters. The molecule has 202 valence electrons. The SMILES string of the molecule is NC(=O)c1c(F)ccc(-c2cccc(-c3nn4ccccc4c3-c3ccnc(Nc4ccc(O)c(Cl)c4)n3)c2)c1F. The summed E-state index contributed by atoms with van der Waals surface area (Å²) in [6.07, 6.45) is 3.39. The summed E-state index contributed by atoms with van der Waals surface area (Å²) in [6, 6.07) is 21.1. The maximum atomic E-state index is 15.2. The minimum atomic E-state index is -1.19. The highest BCUT2D eigenvalue weighted by molar-refractivity contribution is 6.32. The van der Waals surface area contributed by atoms with Crippen molar-refractivity contribution >= 4 is 34.7 Å². The molecule has 0 aliphatic rings. The smallest absolute Gasteiger partial charge is 0.254 e. The number of phenols is 1. The van der Waals surface area contributed by atoms with Crippen LogP contribution in [0.2, 0.25) is 5.02 Å². The van der Waals surface area contributed by atoms with E-state index in [-0.39, 0.29) is 22.3 Å². The topological polar surface area (TPSA) is 118 Å². The number of phenolic OH excluding ortho intramolecular Hbond substituents is 1. The van der Waals surface area contributed by atoms with Crippen molar-refractivity contribution in [2.75, 3.05) is 5.32 Å². The van der Waals surface area contributed by atoms with E-state index in [9.17, 15) is 14.3 Å². The minimum absolute atomic E-state index is 0.0217. The fourth-order valence-corrected chi connectivity index (χ4v) is 4.74. The van der Waals surface area contributed by atoms with E-state index in [1.54, 1.807) is 53.3 Å². The Labute approximate surface area is 236 Å². The molecule has 41 heavy (non-hydrogen) atoms. The summed E-state index contributed by atoms with van der Waals surface area (Å²) in [6.45, 7) is 0. The van der Waals surface area contributed by atoms with Crippen LogP contribution in [0.25, 0.3) is 39.2 Å². The second kappa shape index (κ2) is 10.3. The maximum Gasteiger partial charge on any atom is 0.254 e. The predicted octanol–water partition coefficient (Wildman–Crippen LogP) is 6.61. The van der Waals surface area contributed by atoms with Crippen LogP contribution in [-0.4, -0.2) is 30.6 Å². The Morgan fingerprint density at radius 1 is 0.976 bits per heavy atom. The van der Waals surface area contributed by atoms with Crippen LogP contribution in [0.5, 0.6) is 5.75 Å². The average Bonchev–Trinajstić information content (AvgIpc) is 3.35. The summed E-state index contributed by atoms with van der Waals surface area (Å²) in [4.78, 5) is 20.7. The van der Waals surface area contributed by atoms with Crippen molar-refractivity contribution in [1.29, 1.82) is 0 Å². The third-order valence-electron chi connectivity index (χ3n) is 6.44. The van der Waals surface area contributed by atoms with Crippen LogP contribution in [0.3, 0.4) is 0 Å². The van der Waals surface area contributed by atoms with Crippen molar-refractivity contribution < 1.29 is 18.7 Å². The van der Waals surface area contributed by atoms with Crippen LogP contribution >= 0.6 is 11.6 Å². The molecule has 0 fully saturated rings. The normalized spacial score (nSPS) is 11.1. The third kappa shape index (κ3) is 4.81. The van der Waals surface area contributed by atoms with Gasteiger partial charge < -0.3 is 16.2 Å². The fourth-order valence-electron chi connectivity index (χ4n) is 4.56. The summed E-state index contributed by atoms with van der Waals surface area (Å²) in [5.41, 5.74) is 8.61. The summed E-state index contributed by atoms with van der Waals surface area (Å²) in [5.74, 6) is -3.02. The highest BCUT2D eigenvalue weighted by Crippen LogP contribution is 2.37. The van der Waals surface area contributed by atoms with Gasteiger partial charge in [0.1, 0.15) is 28.6 Å². The number of anilines is 2. The van der Waals surface area contributed by atoms with Gasteiger partial charge in [-0.05, 0) is 60.2 Å². The number of carbonyl (C=O) groups excluding carboxylic acids is 1. The lowest BCUT2D eigenvalue weighted by Gasteiger charge is -2.10. The summed E-state index contributed by atoms with van der Waals surface area (Å²) in [7, 11) is 0. The highest BCUT2D eigenvalue weighted by Gasteiger charge is 2.22. The van der Waals surface area contributed by atoms with Crippen molar-refractivity contribution in [3.8, 4) is 39.4 Å². The van der Waals surface area contributed by atoms with Gasteiger partial charge in [0.25, 0.3) is 5.91 Å². The van der Waals surface area contributed by atoms with Crippen molar-refractivity contribution in [1.82, 2.24) is 19.6 Å². The molecule has 0 bridgehead atoms. The van der Waals surface area contributed by atoms with Gasteiger partial charge in [0.15, 0.2) is 0 Å². The number of hydrogen-bond donors (Lipinski definition) is 3. The zero-order valence-electron chi connectivity index (χ0n) is 21.0. The molecule has 8 nitrogen and oxygen atoms in total. The Hall–Kier alpha value is -5.35. The predicted molar refractivity (Wildman–Crippen MR) is 152 cm³/mol. The van der Waals surface area contributed by atoms with E-state index in [0.29, 0.717) is 33.8 Å². The van der Waals surface area contributed by atoms with Crippen LogP contribution in [0.15, 0.2) is 91.3 Å². The molecule has 3 aromatic heterocycles. The molecular weight excluding hydrogens is 550 g/mol. The third-order valence-corrected chi connectivity index (χ3v) is 6.74. The number of nitrogens with two attached hydrogens (primary N) is 1. The number of amides is 1. The standard InChI is InChI=1S/C30H19ClF2N6O2/c31-20-15-18(7-10-24(20)40)36-30-35-12-11-22(37-30)26-23-6-1-2-13-39(23)38-28(26)17-5-3-4-16(14-17)19-8-9-21(32)25(27(19)33)29(34)41/h1-15,40H,(H2,34,41)(H,35,36,37). The quantitative estimate of drug-likeness (QED) is 0.195. The first-order valence-electron chi connectivity index (χ1n) is 12.2. The number of aromatic hydroxyl groups is 1. The van der Waals surface area contributed by atoms with Gasteiger partial charge in [-0.1, -0.05) is 35.9 Å². The van der Waals surface area contributed by atoms with Crippen molar-refractivity contribution in [3.05, 3.63) is 113 Å². The second-order valence-electron chi connectivity index (χ2n) is 9.04. The van der Waals surface area contributed by atoms with E-state index in [0.717, 1.165) is 11.6 Å². The summed E-state index contributed by atoms with van der Waals surface area (Å²) >= 11 is 6.04.